The van der Waals surface area contributed by atoms with Crippen molar-refractivity contribution in [1.82, 2.24) is 9.78 Å². The summed E-state index contributed by atoms with van der Waals surface area (Å²) in [6.07, 6.45) is 1.32. The van der Waals surface area contributed by atoms with E-state index in [0.717, 1.165) is 0 Å². The number of nitrogens with one attached hydrogen (secondary N) is 1. The average Bonchev–Trinajstić information content (AvgIpc) is 2.59. The number of sulfonamides is 1. The van der Waals surface area contributed by atoms with Crippen LogP contribution in [0.5, 0.6) is 0 Å². The highest BCUT2D eigenvalue weighted by molar-refractivity contribution is 7.92. The van der Waals surface area contributed by atoms with Crippen LogP contribution in [-0.2, 0) is 17.1 Å². The molecule has 0 bridgehead atoms. The van der Waals surface area contributed by atoms with Gasteiger partial charge in [-0.3, -0.25) is 9.40 Å². The molecule has 5 nitrogen and oxygen atoms in total. The van der Waals surface area contributed by atoms with Crippen LogP contribution in [0.15, 0.2) is 35.4 Å². The van der Waals surface area contributed by atoms with Crippen molar-refractivity contribution in [3.63, 3.8) is 0 Å². The third kappa shape index (κ3) is 2.49. The number of aromatic nitrogens is 2. The summed E-state index contributed by atoms with van der Waals surface area (Å²) in [5.41, 5.74) is 0.996. The molecule has 0 saturated heterocycles. The first-order chi connectivity index (χ1) is 8.40. The van der Waals surface area contributed by atoms with Gasteiger partial charge in [-0.15, -0.1) is 0 Å². The minimum absolute atomic E-state index is 0.157. The van der Waals surface area contributed by atoms with Crippen LogP contribution in [0.4, 0.5) is 5.69 Å². The zero-order valence-corrected chi connectivity index (χ0v) is 11.5. The summed E-state index contributed by atoms with van der Waals surface area (Å²) in [5.74, 6) is 0. The number of aryl methyl sites for hydroxylation is 1. The molecule has 0 atom stereocenters. The molecular weight excluding hydrogens is 274 g/mol. The van der Waals surface area contributed by atoms with Crippen LogP contribution in [0.25, 0.3) is 0 Å². The maximum absolute atomic E-state index is 12.1. The van der Waals surface area contributed by atoms with E-state index in [-0.39, 0.29) is 4.90 Å². The molecule has 18 heavy (non-hydrogen) atoms. The maximum atomic E-state index is 12.1. The van der Waals surface area contributed by atoms with E-state index in [0.29, 0.717) is 16.4 Å². The molecule has 7 heteroatoms. The van der Waals surface area contributed by atoms with Crippen molar-refractivity contribution in [2.75, 3.05) is 4.72 Å². The summed E-state index contributed by atoms with van der Waals surface area (Å²) in [4.78, 5) is 0.157. The molecule has 0 aliphatic carbocycles. The van der Waals surface area contributed by atoms with E-state index in [4.69, 9.17) is 11.6 Å². The van der Waals surface area contributed by atoms with E-state index in [1.807, 2.05) is 0 Å². The van der Waals surface area contributed by atoms with Crippen molar-refractivity contribution in [3.8, 4) is 0 Å². The molecular formula is C11H12ClN3O2S. The summed E-state index contributed by atoms with van der Waals surface area (Å²) in [6, 6.07) is 6.53. The Kier molecular flexibility index (Phi) is 3.32. The maximum Gasteiger partial charge on any atom is 0.265 e. The molecule has 2 aromatic rings. The van der Waals surface area contributed by atoms with E-state index >= 15 is 0 Å². The highest BCUT2D eigenvalue weighted by atomic mass is 35.5. The SMILES string of the molecule is Cc1c(S(=O)(=O)Nc2cccc(Cl)c2)cnn1C. The van der Waals surface area contributed by atoms with Crippen molar-refractivity contribution in [2.45, 2.75) is 11.8 Å². The van der Waals surface area contributed by atoms with Crippen molar-refractivity contribution in [2.24, 2.45) is 7.05 Å². The highest BCUT2D eigenvalue weighted by Crippen LogP contribution is 2.20. The average molecular weight is 286 g/mol. The molecule has 0 amide bonds. The number of hydrogen-bond donors (Lipinski definition) is 1. The third-order valence-electron chi connectivity index (χ3n) is 2.56. The molecule has 0 spiro atoms. The van der Waals surface area contributed by atoms with Gasteiger partial charge in [0, 0.05) is 12.1 Å². The van der Waals surface area contributed by atoms with Gasteiger partial charge >= 0.3 is 0 Å². The van der Waals surface area contributed by atoms with Crippen molar-refractivity contribution < 1.29 is 8.42 Å². The lowest BCUT2D eigenvalue weighted by Gasteiger charge is -2.07. The van der Waals surface area contributed by atoms with Crippen LogP contribution in [-0.4, -0.2) is 18.2 Å². The number of hydrogen-bond acceptors (Lipinski definition) is 3. The van der Waals surface area contributed by atoms with Crippen molar-refractivity contribution in [3.05, 3.63) is 41.2 Å². The van der Waals surface area contributed by atoms with Crippen LogP contribution >= 0.6 is 11.6 Å². The van der Waals surface area contributed by atoms with Gasteiger partial charge in [0.2, 0.25) is 0 Å². The van der Waals surface area contributed by atoms with E-state index in [1.54, 1.807) is 38.2 Å². The molecule has 0 unspecified atom stereocenters. The molecule has 1 N–H and O–H groups in total. The monoisotopic (exact) mass is 285 g/mol. The fourth-order valence-electron chi connectivity index (χ4n) is 1.50. The topological polar surface area (TPSA) is 64.0 Å². The highest BCUT2D eigenvalue weighted by Gasteiger charge is 2.19. The first-order valence-electron chi connectivity index (χ1n) is 5.17. The smallest absolute Gasteiger partial charge is 0.265 e. The lowest BCUT2D eigenvalue weighted by atomic mass is 10.3. The molecule has 0 aliphatic heterocycles. The Hall–Kier alpha value is -1.53. The first kappa shape index (κ1) is 12.9. The van der Waals surface area contributed by atoms with Crippen LogP contribution < -0.4 is 4.72 Å². The molecule has 0 saturated carbocycles. The fourth-order valence-corrected chi connectivity index (χ4v) is 2.95. The molecule has 0 fully saturated rings. The lowest BCUT2D eigenvalue weighted by molar-refractivity contribution is 0.600. The molecule has 1 aromatic carbocycles. The Morgan fingerprint density at radius 3 is 2.67 bits per heavy atom. The number of rotatable bonds is 3. The number of anilines is 1. The second-order valence-corrected chi connectivity index (χ2v) is 5.92. The minimum atomic E-state index is -3.63. The van der Waals surface area contributed by atoms with Crippen LogP contribution in [0.3, 0.4) is 0 Å². The van der Waals surface area contributed by atoms with E-state index < -0.39 is 10.0 Å². The third-order valence-corrected chi connectivity index (χ3v) is 4.28. The Labute approximate surface area is 110 Å². The van der Waals surface area contributed by atoms with E-state index in [2.05, 4.69) is 9.82 Å². The predicted molar refractivity (Wildman–Crippen MR) is 70.2 cm³/mol. The van der Waals surface area contributed by atoms with Gasteiger partial charge in [0.15, 0.2) is 0 Å². The normalized spacial score (nSPS) is 11.5. The van der Waals surface area contributed by atoms with Crippen LogP contribution in [0.1, 0.15) is 5.69 Å². The Balaban J connectivity index is 2.36. The van der Waals surface area contributed by atoms with Crippen LogP contribution in [0.2, 0.25) is 5.02 Å². The first-order valence-corrected chi connectivity index (χ1v) is 7.03. The van der Waals surface area contributed by atoms with Gasteiger partial charge in [-0.2, -0.15) is 5.10 Å². The quantitative estimate of drug-likeness (QED) is 0.940. The summed E-state index contributed by atoms with van der Waals surface area (Å²) in [6.45, 7) is 1.69. The summed E-state index contributed by atoms with van der Waals surface area (Å²) < 4.78 is 28.2. The van der Waals surface area contributed by atoms with Gasteiger partial charge in [-0.25, -0.2) is 8.42 Å². The van der Waals surface area contributed by atoms with E-state index in [1.165, 1.54) is 10.9 Å². The van der Waals surface area contributed by atoms with Gasteiger partial charge in [-0.1, -0.05) is 17.7 Å². The lowest BCUT2D eigenvalue weighted by Crippen LogP contribution is -2.13. The van der Waals surface area contributed by atoms with E-state index in [9.17, 15) is 8.42 Å². The number of nitrogens with zero attached hydrogens (tertiary/aromatic N) is 2. The Morgan fingerprint density at radius 1 is 1.39 bits per heavy atom. The van der Waals surface area contributed by atoms with Crippen molar-refractivity contribution >= 4 is 27.3 Å². The molecule has 0 aliphatic rings. The zero-order chi connectivity index (χ0) is 13.3. The van der Waals surface area contributed by atoms with Gasteiger partial charge in [0.25, 0.3) is 10.0 Å². The number of halogens is 1. The molecule has 1 aromatic heterocycles. The summed E-state index contributed by atoms with van der Waals surface area (Å²) in [5, 5.41) is 4.38. The second kappa shape index (κ2) is 4.62. The van der Waals surface area contributed by atoms with Gasteiger partial charge in [0.1, 0.15) is 4.90 Å². The van der Waals surface area contributed by atoms with Gasteiger partial charge in [-0.05, 0) is 25.1 Å². The summed E-state index contributed by atoms with van der Waals surface area (Å²) in [7, 11) is -1.94. The molecule has 2 rings (SSSR count). The largest absolute Gasteiger partial charge is 0.279 e. The molecule has 1 heterocycles. The number of benzene rings is 1. The van der Waals surface area contributed by atoms with Crippen molar-refractivity contribution in [1.29, 1.82) is 0 Å². The van der Waals surface area contributed by atoms with Gasteiger partial charge in [0.05, 0.1) is 17.6 Å². The predicted octanol–water partition coefficient (Wildman–Crippen LogP) is 2.18. The van der Waals surface area contributed by atoms with Gasteiger partial charge < -0.3 is 0 Å². The standard InChI is InChI=1S/C11H12ClN3O2S/c1-8-11(7-13-15(8)2)18(16,17)14-10-5-3-4-9(12)6-10/h3-7,14H,1-2H3. The summed E-state index contributed by atoms with van der Waals surface area (Å²) >= 11 is 5.80. The molecule has 96 valence electrons. The molecule has 0 radical (unpaired) electrons. The Bertz CT molecular complexity index is 679. The second-order valence-electron chi connectivity index (χ2n) is 3.83. The van der Waals surface area contributed by atoms with Crippen LogP contribution in [0, 0.1) is 6.92 Å². The fraction of sp³-hybridized carbons (Fsp3) is 0.182. The minimum Gasteiger partial charge on any atom is -0.279 e. The Morgan fingerprint density at radius 2 is 2.11 bits per heavy atom. The zero-order valence-electron chi connectivity index (χ0n) is 9.88.